The Morgan fingerprint density at radius 3 is 2.04 bits per heavy atom. The van der Waals surface area contributed by atoms with E-state index < -0.39 is 28.5 Å². The molecule has 0 heterocycles. The maximum Gasteiger partial charge on any atom is 0.264 e. The zero-order valence-electron chi connectivity index (χ0n) is 26.9. The van der Waals surface area contributed by atoms with Crippen LogP contribution in [0.25, 0.3) is 0 Å². The maximum absolute atomic E-state index is 14.7. The van der Waals surface area contributed by atoms with Gasteiger partial charge in [0, 0.05) is 24.0 Å². The van der Waals surface area contributed by atoms with E-state index in [0.29, 0.717) is 16.3 Å². The lowest BCUT2D eigenvalue weighted by atomic mass is 9.94. The van der Waals surface area contributed by atoms with Crippen LogP contribution >= 0.6 is 11.6 Å². The van der Waals surface area contributed by atoms with Gasteiger partial charge in [-0.2, -0.15) is 0 Å². The SMILES string of the molecule is Cc1ccc(N(CC(=O)N(Cc2ccccc2Cl)[C@H](Cc2ccccc2)C(=O)NC2CCCCC2)S(=O)(=O)c2ccc(C)cc2)cc1. The number of anilines is 1. The molecule has 4 aromatic carbocycles. The smallest absolute Gasteiger partial charge is 0.264 e. The summed E-state index contributed by atoms with van der Waals surface area (Å²) in [4.78, 5) is 30.4. The molecular weight excluding hydrogens is 630 g/mol. The number of hydrogen-bond acceptors (Lipinski definition) is 4. The highest BCUT2D eigenvalue weighted by molar-refractivity contribution is 7.92. The predicted molar refractivity (Wildman–Crippen MR) is 188 cm³/mol. The average Bonchev–Trinajstić information content (AvgIpc) is 3.07. The molecule has 246 valence electrons. The second-order valence-corrected chi connectivity index (χ2v) is 14.6. The van der Waals surface area contributed by atoms with Gasteiger partial charge in [0.15, 0.2) is 0 Å². The van der Waals surface area contributed by atoms with Crippen LogP contribution in [0.5, 0.6) is 0 Å². The molecule has 47 heavy (non-hydrogen) atoms. The number of hydrogen-bond donors (Lipinski definition) is 1. The third kappa shape index (κ3) is 8.82. The summed E-state index contributed by atoms with van der Waals surface area (Å²) in [5.74, 6) is -0.773. The van der Waals surface area contributed by atoms with Crippen molar-refractivity contribution < 1.29 is 18.0 Å². The van der Waals surface area contributed by atoms with Gasteiger partial charge in [0.25, 0.3) is 10.0 Å². The van der Waals surface area contributed by atoms with E-state index in [0.717, 1.165) is 53.1 Å². The van der Waals surface area contributed by atoms with E-state index in [2.05, 4.69) is 5.32 Å². The van der Waals surface area contributed by atoms with Crippen molar-refractivity contribution >= 4 is 39.1 Å². The van der Waals surface area contributed by atoms with E-state index in [1.807, 2.05) is 74.5 Å². The number of rotatable bonds is 12. The number of halogens is 1. The maximum atomic E-state index is 14.7. The highest BCUT2D eigenvalue weighted by Crippen LogP contribution is 2.27. The van der Waals surface area contributed by atoms with Crippen molar-refractivity contribution in [1.29, 1.82) is 0 Å². The van der Waals surface area contributed by atoms with Crippen LogP contribution in [-0.2, 0) is 32.6 Å². The first-order chi connectivity index (χ1) is 22.6. The van der Waals surface area contributed by atoms with E-state index in [1.165, 1.54) is 4.90 Å². The van der Waals surface area contributed by atoms with Gasteiger partial charge >= 0.3 is 0 Å². The summed E-state index contributed by atoms with van der Waals surface area (Å²) in [6, 6.07) is 29.5. The number of aryl methyl sites for hydroxylation is 2. The van der Waals surface area contributed by atoms with Gasteiger partial charge in [-0.25, -0.2) is 8.42 Å². The number of amides is 2. The van der Waals surface area contributed by atoms with Gasteiger partial charge in [0.05, 0.1) is 10.6 Å². The molecule has 9 heteroatoms. The fourth-order valence-electron chi connectivity index (χ4n) is 5.99. The van der Waals surface area contributed by atoms with Crippen molar-refractivity contribution in [3.8, 4) is 0 Å². The van der Waals surface area contributed by atoms with Crippen molar-refractivity contribution in [1.82, 2.24) is 10.2 Å². The molecule has 0 radical (unpaired) electrons. The Hall–Kier alpha value is -4.14. The van der Waals surface area contributed by atoms with Crippen molar-refractivity contribution in [2.75, 3.05) is 10.8 Å². The number of benzene rings is 4. The fourth-order valence-corrected chi connectivity index (χ4v) is 7.60. The van der Waals surface area contributed by atoms with E-state index in [4.69, 9.17) is 11.6 Å². The van der Waals surface area contributed by atoms with Gasteiger partial charge in [0.2, 0.25) is 11.8 Å². The number of nitrogens with zero attached hydrogens (tertiary/aromatic N) is 2. The molecule has 0 spiro atoms. The lowest BCUT2D eigenvalue weighted by molar-refractivity contribution is -0.140. The quantitative estimate of drug-likeness (QED) is 0.172. The first-order valence-electron chi connectivity index (χ1n) is 16.1. The second-order valence-electron chi connectivity index (χ2n) is 12.3. The van der Waals surface area contributed by atoms with Crippen LogP contribution < -0.4 is 9.62 Å². The Labute approximate surface area is 283 Å². The number of nitrogens with one attached hydrogen (secondary N) is 1. The van der Waals surface area contributed by atoms with Crippen molar-refractivity contribution in [2.24, 2.45) is 0 Å². The van der Waals surface area contributed by atoms with Crippen LogP contribution in [0, 0.1) is 13.8 Å². The molecule has 0 aliphatic heterocycles. The minimum atomic E-state index is -4.16. The molecule has 1 saturated carbocycles. The van der Waals surface area contributed by atoms with Crippen molar-refractivity contribution in [3.63, 3.8) is 0 Å². The van der Waals surface area contributed by atoms with Crippen LogP contribution in [0.2, 0.25) is 5.02 Å². The van der Waals surface area contributed by atoms with E-state index in [-0.39, 0.29) is 29.8 Å². The summed E-state index contributed by atoms with van der Waals surface area (Å²) in [6.07, 6.45) is 5.25. The molecule has 1 fully saturated rings. The second kappa shape index (κ2) is 15.6. The third-order valence-electron chi connectivity index (χ3n) is 8.73. The van der Waals surface area contributed by atoms with Gasteiger partial charge in [-0.05, 0) is 68.1 Å². The van der Waals surface area contributed by atoms with Gasteiger partial charge in [0.1, 0.15) is 12.6 Å². The topological polar surface area (TPSA) is 86.8 Å². The molecule has 2 amide bonds. The Morgan fingerprint density at radius 2 is 1.40 bits per heavy atom. The molecule has 1 aliphatic rings. The molecule has 7 nitrogen and oxygen atoms in total. The summed E-state index contributed by atoms with van der Waals surface area (Å²) < 4.78 is 29.6. The standard InChI is InChI=1S/C38H42ClN3O4S/c1-28-17-21-33(22-18-28)42(47(45,46)34-23-19-29(2)20-24-34)27-37(43)41(26-31-13-9-10-16-35(31)39)36(25-30-11-5-3-6-12-30)38(44)40-32-14-7-4-8-15-32/h3,5-6,9-13,16-24,32,36H,4,7-8,14-15,25-27H2,1-2H3,(H,40,44)/t36-/m1/s1. The number of carbonyl (C=O) groups excluding carboxylic acids is 2. The van der Waals surface area contributed by atoms with Gasteiger partial charge < -0.3 is 10.2 Å². The fraction of sp³-hybridized carbons (Fsp3) is 0.316. The molecule has 5 rings (SSSR count). The molecule has 0 saturated heterocycles. The summed E-state index contributed by atoms with van der Waals surface area (Å²) in [5.41, 5.74) is 3.77. The highest BCUT2D eigenvalue weighted by atomic mass is 35.5. The molecule has 0 aromatic heterocycles. The monoisotopic (exact) mass is 671 g/mol. The minimum absolute atomic E-state index is 0.0257. The summed E-state index contributed by atoms with van der Waals surface area (Å²) >= 11 is 6.61. The predicted octanol–water partition coefficient (Wildman–Crippen LogP) is 7.24. The normalized spacial score (nSPS) is 14.3. The molecule has 0 unspecified atom stereocenters. The molecule has 1 atom stereocenters. The van der Waals surface area contributed by atoms with Crippen LogP contribution in [0.4, 0.5) is 5.69 Å². The lowest BCUT2D eigenvalue weighted by Gasteiger charge is -2.35. The highest BCUT2D eigenvalue weighted by Gasteiger charge is 2.35. The molecule has 4 aromatic rings. The Kier molecular flexibility index (Phi) is 11.4. The first kappa shape index (κ1) is 34.2. The summed E-state index contributed by atoms with van der Waals surface area (Å²) in [5, 5.41) is 3.69. The Balaban J connectivity index is 1.56. The molecule has 1 aliphatic carbocycles. The van der Waals surface area contributed by atoms with Gasteiger partial charge in [-0.15, -0.1) is 0 Å². The average molecular weight is 672 g/mol. The molecular formula is C38H42ClN3O4S. The molecule has 0 bridgehead atoms. The van der Waals surface area contributed by atoms with Crippen LogP contribution in [-0.4, -0.2) is 43.8 Å². The minimum Gasteiger partial charge on any atom is -0.352 e. The Bertz CT molecular complexity index is 1760. The van der Waals surface area contributed by atoms with Crippen LogP contribution in [0.1, 0.15) is 54.4 Å². The van der Waals surface area contributed by atoms with E-state index in [1.54, 1.807) is 42.5 Å². The van der Waals surface area contributed by atoms with E-state index in [9.17, 15) is 18.0 Å². The van der Waals surface area contributed by atoms with E-state index >= 15 is 0 Å². The number of carbonyl (C=O) groups is 2. The lowest BCUT2D eigenvalue weighted by Crippen LogP contribution is -2.55. The van der Waals surface area contributed by atoms with Crippen molar-refractivity contribution in [3.05, 3.63) is 130 Å². The number of sulfonamides is 1. The van der Waals surface area contributed by atoms with Gasteiger partial charge in [-0.1, -0.05) is 115 Å². The third-order valence-corrected chi connectivity index (χ3v) is 10.9. The zero-order chi connectivity index (χ0) is 33.4. The molecule has 1 N–H and O–H groups in total. The summed E-state index contributed by atoms with van der Waals surface area (Å²) in [6.45, 7) is 3.32. The Morgan fingerprint density at radius 1 is 0.809 bits per heavy atom. The first-order valence-corrected chi connectivity index (χ1v) is 18.0. The van der Waals surface area contributed by atoms with Crippen LogP contribution in [0.3, 0.4) is 0 Å². The summed E-state index contributed by atoms with van der Waals surface area (Å²) in [7, 11) is -4.16. The van der Waals surface area contributed by atoms with Gasteiger partial charge in [-0.3, -0.25) is 13.9 Å². The van der Waals surface area contributed by atoms with Crippen LogP contribution in [0.15, 0.2) is 108 Å². The van der Waals surface area contributed by atoms with Crippen molar-refractivity contribution in [2.45, 2.75) is 75.9 Å². The largest absolute Gasteiger partial charge is 0.352 e. The zero-order valence-corrected chi connectivity index (χ0v) is 28.5.